The van der Waals surface area contributed by atoms with Crippen molar-refractivity contribution < 1.29 is 9.18 Å². The van der Waals surface area contributed by atoms with Gasteiger partial charge < -0.3 is 10.2 Å². The second-order valence-corrected chi connectivity index (χ2v) is 6.11. The number of hydrogen-bond acceptors (Lipinski definition) is 2. The third-order valence-electron chi connectivity index (χ3n) is 4.47. The van der Waals surface area contributed by atoms with E-state index in [0.717, 1.165) is 25.9 Å². The monoisotopic (exact) mass is 332 g/mol. The van der Waals surface area contributed by atoms with Gasteiger partial charge in [0.15, 0.2) is 0 Å². The Morgan fingerprint density at radius 2 is 1.86 bits per heavy atom. The van der Waals surface area contributed by atoms with E-state index in [1.165, 1.54) is 12.1 Å². The average Bonchev–Trinajstić information content (AvgIpc) is 2.77. The number of halogens is 3. The number of carbonyl (C=O) groups excluding carboxylic acids is 1. The molecule has 116 valence electrons. The molecule has 0 bridgehead atoms. The minimum Gasteiger partial charge on any atom is -0.339 e. The highest BCUT2D eigenvalue weighted by molar-refractivity contribution is 6.30. The number of nitrogens with one attached hydrogen (secondary N) is 1. The first-order chi connectivity index (χ1) is 9.65. The molecule has 3 rings (SSSR count). The minimum atomic E-state index is -0.534. The molecule has 0 spiro atoms. The van der Waals surface area contributed by atoms with Crippen molar-refractivity contribution >= 4 is 29.9 Å². The van der Waals surface area contributed by atoms with Gasteiger partial charge in [-0.15, -0.1) is 12.4 Å². The molecule has 1 N–H and O–H groups in total. The van der Waals surface area contributed by atoms with Gasteiger partial charge in [-0.1, -0.05) is 11.6 Å². The highest BCUT2D eigenvalue weighted by Crippen LogP contribution is 2.28. The summed E-state index contributed by atoms with van der Waals surface area (Å²) in [6.07, 6.45) is 2.00. The Balaban J connectivity index is 0.00000161. The lowest BCUT2D eigenvalue weighted by Gasteiger charge is -2.21. The first kappa shape index (κ1) is 16.5. The Labute approximate surface area is 135 Å². The van der Waals surface area contributed by atoms with Gasteiger partial charge in [-0.25, -0.2) is 4.39 Å². The summed E-state index contributed by atoms with van der Waals surface area (Å²) in [5, 5.41) is 3.72. The van der Waals surface area contributed by atoms with Crippen LogP contribution in [0.5, 0.6) is 0 Å². The summed E-state index contributed by atoms with van der Waals surface area (Å²) in [5.74, 6) is 0.562. The summed E-state index contributed by atoms with van der Waals surface area (Å²) in [4.78, 5) is 14.2. The van der Waals surface area contributed by atoms with Crippen molar-refractivity contribution in [1.29, 1.82) is 0 Å². The maximum atomic E-state index is 13.8. The van der Waals surface area contributed by atoms with Crippen molar-refractivity contribution in [3.8, 4) is 0 Å². The molecule has 0 radical (unpaired) electrons. The van der Waals surface area contributed by atoms with Crippen LogP contribution in [0.2, 0.25) is 5.02 Å². The highest BCUT2D eigenvalue weighted by Gasteiger charge is 2.32. The Morgan fingerprint density at radius 3 is 2.43 bits per heavy atom. The number of carbonyl (C=O) groups is 1. The first-order valence-corrected chi connectivity index (χ1v) is 7.48. The molecule has 2 atom stereocenters. The van der Waals surface area contributed by atoms with Crippen LogP contribution in [-0.2, 0) is 0 Å². The standard InChI is InChI=1S/C15H18ClFN2O.ClH/c16-12-1-2-13(14(17)7-12)15(20)19-5-3-10-8-18-9-11(10)4-6-19;/h1-2,7,10-11,18H,3-6,8-9H2;1H/t10-,11+;. The first-order valence-electron chi connectivity index (χ1n) is 7.10. The van der Waals surface area contributed by atoms with Gasteiger partial charge >= 0.3 is 0 Å². The molecule has 2 fully saturated rings. The van der Waals surface area contributed by atoms with E-state index in [-0.39, 0.29) is 23.9 Å². The topological polar surface area (TPSA) is 32.3 Å². The minimum absolute atomic E-state index is 0. The van der Waals surface area contributed by atoms with Crippen LogP contribution in [0.3, 0.4) is 0 Å². The largest absolute Gasteiger partial charge is 0.339 e. The van der Waals surface area contributed by atoms with Gasteiger partial charge in [-0.05, 0) is 56.0 Å². The molecule has 2 heterocycles. The number of rotatable bonds is 1. The van der Waals surface area contributed by atoms with Gasteiger partial charge in [0.25, 0.3) is 5.91 Å². The fourth-order valence-electron chi connectivity index (χ4n) is 3.25. The number of fused-ring (bicyclic) bond motifs is 1. The van der Waals surface area contributed by atoms with Crippen LogP contribution in [0.25, 0.3) is 0 Å². The van der Waals surface area contributed by atoms with E-state index in [0.29, 0.717) is 29.9 Å². The molecule has 0 aromatic heterocycles. The van der Waals surface area contributed by atoms with Gasteiger partial charge in [0, 0.05) is 18.1 Å². The summed E-state index contributed by atoms with van der Waals surface area (Å²) in [5.41, 5.74) is 0.125. The van der Waals surface area contributed by atoms with Gasteiger partial charge in [-0.2, -0.15) is 0 Å². The quantitative estimate of drug-likeness (QED) is 0.857. The molecule has 1 amide bonds. The second-order valence-electron chi connectivity index (χ2n) is 5.67. The lowest BCUT2D eigenvalue weighted by Crippen LogP contribution is -2.33. The number of amides is 1. The molecular weight excluding hydrogens is 314 g/mol. The van der Waals surface area contributed by atoms with E-state index >= 15 is 0 Å². The normalized spacial score (nSPS) is 25.0. The Bertz CT molecular complexity index is 512. The summed E-state index contributed by atoms with van der Waals surface area (Å²) in [7, 11) is 0. The zero-order chi connectivity index (χ0) is 14.1. The highest BCUT2D eigenvalue weighted by atomic mass is 35.5. The van der Waals surface area contributed by atoms with Crippen LogP contribution in [0.15, 0.2) is 18.2 Å². The lowest BCUT2D eigenvalue weighted by molar-refractivity contribution is 0.0754. The van der Waals surface area contributed by atoms with Crippen LogP contribution in [0, 0.1) is 17.7 Å². The molecule has 1 aromatic carbocycles. The Kier molecular flexibility index (Phi) is 5.47. The predicted molar refractivity (Wildman–Crippen MR) is 83.6 cm³/mol. The molecule has 0 aliphatic carbocycles. The second kappa shape index (κ2) is 6.95. The molecular formula is C15H19Cl2FN2O. The smallest absolute Gasteiger partial charge is 0.256 e. The third-order valence-corrected chi connectivity index (χ3v) is 4.70. The van der Waals surface area contributed by atoms with Gasteiger partial charge in [0.2, 0.25) is 0 Å². The van der Waals surface area contributed by atoms with Crippen molar-refractivity contribution in [2.24, 2.45) is 11.8 Å². The van der Waals surface area contributed by atoms with Crippen LogP contribution in [0.1, 0.15) is 23.2 Å². The predicted octanol–water partition coefficient (Wildman–Crippen LogP) is 2.97. The molecule has 21 heavy (non-hydrogen) atoms. The van der Waals surface area contributed by atoms with Crippen LogP contribution >= 0.6 is 24.0 Å². The molecule has 0 saturated carbocycles. The van der Waals surface area contributed by atoms with E-state index in [1.54, 1.807) is 11.0 Å². The van der Waals surface area contributed by atoms with Gasteiger partial charge in [0.1, 0.15) is 5.82 Å². The van der Waals surface area contributed by atoms with Crippen molar-refractivity contribution in [2.75, 3.05) is 26.2 Å². The number of likely N-dealkylation sites (tertiary alicyclic amines) is 1. The maximum absolute atomic E-state index is 13.8. The number of hydrogen-bond donors (Lipinski definition) is 1. The molecule has 2 aliphatic rings. The van der Waals surface area contributed by atoms with Crippen LogP contribution < -0.4 is 5.32 Å². The molecule has 3 nitrogen and oxygen atoms in total. The van der Waals surface area contributed by atoms with E-state index in [2.05, 4.69) is 5.32 Å². The molecule has 1 aromatic rings. The molecule has 0 unspecified atom stereocenters. The number of nitrogens with zero attached hydrogens (tertiary/aromatic N) is 1. The van der Waals surface area contributed by atoms with Crippen molar-refractivity contribution in [2.45, 2.75) is 12.8 Å². The summed E-state index contributed by atoms with van der Waals surface area (Å²) in [6.45, 7) is 3.51. The van der Waals surface area contributed by atoms with Gasteiger partial charge in [0.05, 0.1) is 5.56 Å². The maximum Gasteiger partial charge on any atom is 0.256 e. The fraction of sp³-hybridized carbons (Fsp3) is 0.533. The molecule has 6 heteroatoms. The zero-order valence-corrected chi connectivity index (χ0v) is 13.2. The Hall–Kier alpha value is -0.840. The average molecular weight is 333 g/mol. The fourth-order valence-corrected chi connectivity index (χ4v) is 3.41. The Morgan fingerprint density at radius 1 is 1.24 bits per heavy atom. The summed E-state index contributed by atoms with van der Waals surface area (Å²) < 4.78 is 13.8. The van der Waals surface area contributed by atoms with E-state index in [4.69, 9.17) is 11.6 Å². The SMILES string of the molecule is Cl.O=C(c1ccc(Cl)cc1F)N1CC[C@@H]2CNC[C@@H]2CC1. The van der Waals surface area contributed by atoms with Crippen molar-refractivity contribution in [1.82, 2.24) is 10.2 Å². The van der Waals surface area contributed by atoms with E-state index in [9.17, 15) is 9.18 Å². The third kappa shape index (κ3) is 3.50. The molecule has 2 aliphatic heterocycles. The van der Waals surface area contributed by atoms with Gasteiger partial charge in [-0.3, -0.25) is 4.79 Å². The number of benzene rings is 1. The van der Waals surface area contributed by atoms with Crippen molar-refractivity contribution in [3.63, 3.8) is 0 Å². The van der Waals surface area contributed by atoms with Crippen LogP contribution in [0.4, 0.5) is 4.39 Å². The van der Waals surface area contributed by atoms with Crippen LogP contribution in [-0.4, -0.2) is 37.0 Å². The lowest BCUT2D eigenvalue weighted by atomic mass is 9.92. The van der Waals surface area contributed by atoms with E-state index < -0.39 is 5.82 Å². The zero-order valence-electron chi connectivity index (χ0n) is 11.6. The van der Waals surface area contributed by atoms with Crippen molar-refractivity contribution in [3.05, 3.63) is 34.6 Å². The molecule has 2 saturated heterocycles. The van der Waals surface area contributed by atoms with E-state index in [1.807, 2.05) is 0 Å². The summed E-state index contributed by atoms with van der Waals surface area (Å²) >= 11 is 5.73. The summed E-state index contributed by atoms with van der Waals surface area (Å²) in [6, 6.07) is 4.24.